The Labute approximate surface area is 286 Å². The van der Waals surface area contributed by atoms with Crippen molar-refractivity contribution in [3.05, 3.63) is 89.3 Å². The van der Waals surface area contributed by atoms with Crippen LogP contribution in [-0.4, -0.2) is 74.4 Å². The highest BCUT2D eigenvalue weighted by molar-refractivity contribution is 5.94. The first-order valence-corrected chi connectivity index (χ1v) is 16.6. The minimum atomic E-state index is -1.49. The van der Waals surface area contributed by atoms with Crippen molar-refractivity contribution in [2.24, 2.45) is 0 Å². The molecule has 0 spiro atoms. The van der Waals surface area contributed by atoms with Gasteiger partial charge in [0.05, 0.1) is 11.9 Å². The third kappa shape index (κ3) is 7.78. The second-order valence-electron chi connectivity index (χ2n) is 13.4. The highest BCUT2D eigenvalue weighted by Gasteiger charge is 2.38. The van der Waals surface area contributed by atoms with E-state index in [1.165, 1.54) is 0 Å². The van der Waals surface area contributed by atoms with E-state index in [0.29, 0.717) is 41.9 Å². The number of ether oxygens (including phenoxy) is 1. The van der Waals surface area contributed by atoms with Crippen LogP contribution in [0.2, 0.25) is 0 Å². The minimum absolute atomic E-state index is 0.0594. The van der Waals surface area contributed by atoms with E-state index in [0.717, 1.165) is 24.4 Å². The van der Waals surface area contributed by atoms with Crippen molar-refractivity contribution >= 4 is 29.7 Å². The van der Waals surface area contributed by atoms with Crippen LogP contribution >= 0.6 is 0 Å². The number of likely N-dealkylation sites (N-methyl/N-ethyl adjacent to an activating group) is 1. The molecule has 0 radical (unpaired) electrons. The zero-order valence-corrected chi connectivity index (χ0v) is 29.2. The topological polar surface area (TPSA) is 156 Å². The van der Waals surface area contributed by atoms with Crippen LogP contribution in [0.4, 0.5) is 10.6 Å². The summed E-state index contributed by atoms with van der Waals surface area (Å²) in [5, 5.41) is 17.0. The van der Waals surface area contributed by atoms with Gasteiger partial charge in [0.2, 0.25) is 5.82 Å². The van der Waals surface area contributed by atoms with E-state index in [4.69, 9.17) is 4.74 Å². The van der Waals surface area contributed by atoms with E-state index in [1.807, 2.05) is 69.6 Å². The predicted octanol–water partition coefficient (Wildman–Crippen LogP) is 4.92. The largest absolute Gasteiger partial charge is 0.480 e. The molecule has 5 rings (SSSR count). The normalized spacial score (nSPS) is 17.8. The van der Waals surface area contributed by atoms with E-state index >= 15 is 0 Å². The van der Waals surface area contributed by atoms with Gasteiger partial charge >= 0.3 is 6.03 Å². The Morgan fingerprint density at radius 1 is 1.12 bits per heavy atom. The fourth-order valence-electron chi connectivity index (χ4n) is 5.45. The summed E-state index contributed by atoms with van der Waals surface area (Å²) in [7, 11) is 1.96. The number of anilines is 1. The molecule has 49 heavy (non-hydrogen) atoms. The van der Waals surface area contributed by atoms with E-state index in [2.05, 4.69) is 54.9 Å². The van der Waals surface area contributed by atoms with Crippen LogP contribution < -0.4 is 20.7 Å². The first-order valence-electron chi connectivity index (χ1n) is 16.6. The van der Waals surface area contributed by atoms with Gasteiger partial charge in [-0.3, -0.25) is 19.3 Å². The highest BCUT2D eigenvalue weighted by atomic mass is 16.5. The molecule has 13 heteroatoms. The number of hydrogen-bond donors (Lipinski definition) is 3. The lowest BCUT2D eigenvalue weighted by Crippen LogP contribution is -2.49. The van der Waals surface area contributed by atoms with Gasteiger partial charge in [-0.1, -0.05) is 65.8 Å². The molecule has 0 unspecified atom stereocenters. The number of nitrogens with one attached hydrogen (secondary N) is 3. The maximum Gasteiger partial charge on any atom is 0.321 e. The average molecular weight is 668 g/mol. The van der Waals surface area contributed by atoms with E-state index in [1.54, 1.807) is 30.4 Å². The standard InChI is InChI=1S/C36H45N9O4/c1-8-23(3)32-43-42-30-15-14-24(21-45(30)32)49-27-16-17-36(22-46,26-13-11-10-12-25(26)27)41-34(48)40-29-20-28(35(4,5)6)38-31(39-29)33(47)37-18-19-44(7)9-2/h10-17,20-23,27H,8-9,18-19H2,1-7H3,(H,37,47)(H2,38,39,40,41,48)/t23-,27+,36+/m0/s1. The van der Waals surface area contributed by atoms with Gasteiger partial charge in [0.1, 0.15) is 29.0 Å². The monoisotopic (exact) mass is 667 g/mol. The second kappa shape index (κ2) is 14.5. The highest BCUT2D eigenvalue weighted by Crippen LogP contribution is 2.37. The van der Waals surface area contributed by atoms with E-state index < -0.39 is 29.0 Å². The number of amides is 3. The van der Waals surface area contributed by atoms with Crippen molar-refractivity contribution in [3.63, 3.8) is 0 Å². The van der Waals surface area contributed by atoms with Crippen molar-refractivity contribution in [2.45, 2.75) is 70.9 Å². The number of hydrogen-bond acceptors (Lipinski definition) is 9. The Balaban J connectivity index is 1.37. The molecule has 0 aliphatic heterocycles. The molecule has 3 aromatic heterocycles. The summed E-state index contributed by atoms with van der Waals surface area (Å²) < 4.78 is 8.36. The molecular formula is C36H45N9O4. The van der Waals surface area contributed by atoms with Crippen molar-refractivity contribution in [1.82, 2.24) is 40.1 Å². The summed E-state index contributed by atoms with van der Waals surface area (Å²) in [6, 6.07) is 11.9. The van der Waals surface area contributed by atoms with Gasteiger partial charge in [0.15, 0.2) is 11.9 Å². The van der Waals surface area contributed by atoms with Crippen molar-refractivity contribution in [2.75, 3.05) is 32.0 Å². The number of aromatic nitrogens is 5. The van der Waals surface area contributed by atoms with Gasteiger partial charge in [-0.05, 0) is 49.9 Å². The van der Waals surface area contributed by atoms with Crippen LogP contribution in [0, 0.1) is 0 Å². The molecule has 258 valence electrons. The Kier molecular flexibility index (Phi) is 10.4. The molecule has 3 N–H and O–H groups in total. The predicted molar refractivity (Wildman–Crippen MR) is 187 cm³/mol. The molecule has 4 aromatic rings. The Bertz CT molecular complexity index is 1860. The van der Waals surface area contributed by atoms with Gasteiger partial charge in [-0.2, -0.15) is 0 Å². The van der Waals surface area contributed by atoms with Crippen LogP contribution in [0.3, 0.4) is 0 Å². The lowest BCUT2D eigenvalue weighted by atomic mass is 9.81. The summed E-state index contributed by atoms with van der Waals surface area (Å²) in [6.07, 6.45) is 6.32. The third-order valence-electron chi connectivity index (χ3n) is 8.73. The molecule has 0 fully saturated rings. The minimum Gasteiger partial charge on any atom is -0.480 e. The SMILES string of the molecule is CC[C@H](C)c1nnc2ccc(O[C@@H]3C=C[C@](C=O)(NC(=O)Nc4cc(C(C)(C)C)nc(C(=O)NCCN(C)CC)n4)c4ccccc43)cn12. The number of carbonyl (C=O) groups is 3. The van der Waals surface area contributed by atoms with Gasteiger partial charge in [0.25, 0.3) is 5.91 Å². The summed E-state index contributed by atoms with van der Waals surface area (Å²) in [4.78, 5) is 50.2. The smallest absolute Gasteiger partial charge is 0.321 e. The van der Waals surface area contributed by atoms with E-state index in [9.17, 15) is 14.4 Å². The Morgan fingerprint density at radius 3 is 2.61 bits per heavy atom. The van der Waals surface area contributed by atoms with Crippen molar-refractivity contribution in [1.29, 1.82) is 0 Å². The zero-order chi connectivity index (χ0) is 35.3. The number of fused-ring (bicyclic) bond motifs is 2. The molecule has 0 saturated heterocycles. The van der Waals surface area contributed by atoms with Crippen molar-refractivity contribution in [3.8, 4) is 5.75 Å². The lowest BCUT2D eigenvalue weighted by molar-refractivity contribution is -0.111. The molecule has 0 bridgehead atoms. The Morgan fingerprint density at radius 2 is 1.90 bits per heavy atom. The molecule has 3 heterocycles. The molecular weight excluding hydrogens is 622 g/mol. The molecule has 1 aliphatic carbocycles. The number of nitrogens with zero attached hydrogens (tertiary/aromatic N) is 6. The number of pyridine rings is 1. The molecule has 1 aliphatic rings. The molecule has 1 aromatic carbocycles. The summed E-state index contributed by atoms with van der Waals surface area (Å²) in [6.45, 7) is 14.0. The maximum atomic E-state index is 13.5. The van der Waals surface area contributed by atoms with Crippen molar-refractivity contribution < 1.29 is 19.1 Å². The third-order valence-corrected chi connectivity index (χ3v) is 8.73. The number of benzene rings is 1. The zero-order valence-electron chi connectivity index (χ0n) is 29.2. The summed E-state index contributed by atoms with van der Waals surface area (Å²) in [5.41, 5.74) is 0.646. The number of aldehydes is 1. The number of urea groups is 1. The van der Waals surface area contributed by atoms with Crippen LogP contribution in [0.1, 0.15) is 93.2 Å². The fourth-order valence-corrected chi connectivity index (χ4v) is 5.45. The molecule has 3 atom stereocenters. The lowest BCUT2D eigenvalue weighted by Gasteiger charge is -2.34. The summed E-state index contributed by atoms with van der Waals surface area (Å²) >= 11 is 0. The van der Waals surface area contributed by atoms with Crippen LogP contribution in [0.5, 0.6) is 5.75 Å². The quantitative estimate of drug-likeness (QED) is 0.141. The van der Waals surface area contributed by atoms with Gasteiger partial charge in [0, 0.05) is 36.1 Å². The van der Waals surface area contributed by atoms with Crippen LogP contribution in [-0.2, 0) is 15.7 Å². The van der Waals surface area contributed by atoms with E-state index in [-0.39, 0.29) is 17.6 Å². The fraction of sp³-hybridized carbons (Fsp3) is 0.417. The average Bonchev–Trinajstić information content (AvgIpc) is 3.51. The maximum absolute atomic E-state index is 13.5. The first kappa shape index (κ1) is 35.1. The number of rotatable bonds is 12. The summed E-state index contributed by atoms with van der Waals surface area (Å²) in [5.74, 6) is 1.29. The molecule has 3 amide bonds. The first-order chi connectivity index (χ1) is 23.4. The van der Waals surface area contributed by atoms with Gasteiger partial charge in [-0.15, -0.1) is 10.2 Å². The van der Waals surface area contributed by atoms with Crippen LogP contribution in [0.25, 0.3) is 5.65 Å². The molecule has 0 saturated carbocycles. The van der Waals surface area contributed by atoms with Crippen LogP contribution in [0.15, 0.2) is 60.8 Å². The Hall–Kier alpha value is -5.17. The number of carbonyl (C=O) groups excluding carboxylic acids is 3. The molecule has 13 nitrogen and oxygen atoms in total. The van der Waals surface area contributed by atoms with Gasteiger partial charge < -0.3 is 20.3 Å². The second-order valence-corrected chi connectivity index (χ2v) is 13.4. The van der Waals surface area contributed by atoms with Gasteiger partial charge in [-0.25, -0.2) is 14.8 Å².